The van der Waals surface area contributed by atoms with Gasteiger partial charge in [-0.15, -0.1) is 0 Å². The molecule has 1 amide bonds. The van der Waals surface area contributed by atoms with Crippen molar-refractivity contribution in [3.8, 4) is 5.75 Å². The predicted molar refractivity (Wildman–Crippen MR) is 113 cm³/mol. The largest absolute Gasteiger partial charge is 0.482 e. The highest BCUT2D eigenvalue weighted by atomic mass is 79.9. The second kappa shape index (κ2) is 8.92. The second-order valence-electron chi connectivity index (χ2n) is 6.99. The third kappa shape index (κ3) is 5.01. The van der Waals surface area contributed by atoms with Gasteiger partial charge < -0.3 is 10.1 Å². The second-order valence-corrected chi connectivity index (χ2v) is 8.31. The average Bonchev–Trinajstić information content (AvgIpc) is 2.53. The maximum Gasteiger partial charge on any atom is 0.262 e. The lowest BCUT2D eigenvalue weighted by Gasteiger charge is -2.20. The molecule has 0 heterocycles. The highest BCUT2D eigenvalue weighted by molar-refractivity contribution is 9.10. The first-order valence-corrected chi connectivity index (χ1v) is 9.88. The first-order chi connectivity index (χ1) is 12.2. The zero-order chi connectivity index (χ0) is 19.4. The van der Waals surface area contributed by atoms with E-state index in [1.54, 1.807) is 6.07 Å². The lowest BCUT2D eigenvalue weighted by Crippen LogP contribution is -2.22. The fourth-order valence-electron chi connectivity index (χ4n) is 2.88. The monoisotopic (exact) mass is 437 g/mol. The first-order valence-electron chi connectivity index (χ1n) is 8.71. The fourth-order valence-corrected chi connectivity index (χ4v) is 3.91. The number of amides is 1. The summed E-state index contributed by atoms with van der Waals surface area (Å²) in [5.41, 5.74) is 4.03. The Bertz CT molecular complexity index is 753. The SMILES string of the molecule is Cc1cc(Br)cc(Cl)c1OCC(=O)Nc1c(C(C)C)cccc1C(C)C. The molecule has 5 heteroatoms. The van der Waals surface area contributed by atoms with E-state index in [1.807, 2.05) is 19.1 Å². The molecule has 2 aromatic rings. The minimum Gasteiger partial charge on any atom is -0.482 e. The number of benzene rings is 2. The minimum absolute atomic E-state index is 0.0911. The number of anilines is 1. The highest BCUT2D eigenvalue weighted by Crippen LogP contribution is 2.33. The topological polar surface area (TPSA) is 38.3 Å². The predicted octanol–water partition coefficient (Wildman–Crippen LogP) is 6.68. The van der Waals surface area contributed by atoms with E-state index in [0.717, 1.165) is 26.9 Å². The van der Waals surface area contributed by atoms with E-state index in [9.17, 15) is 4.79 Å². The molecule has 140 valence electrons. The van der Waals surface area contributed by atoms with E-state index in [-0.39, 0.29) is 12.5 Å². The summed E-state index contributed by atoms with van der Waals surface area (Å²) in [5.74, 6) is 0.964. The maximum atomic E-state index is 12.5. The Labute approximate surface area is 169 Å². The summed E-state index contributed by atoms with van der Waals surface area (Å²) in [6.45, 7) is 10.3. The molecule has 0 spiro atoms. The van der Waals surface area contributed by atoms with E-state index in [0.29, 0.717) is 22.6 Å². The molecule has 0 aliphatic carbocycles. The van der Waals surface area contributed by atoms with Crippen molar-refractivity contribution in [1.82, 2.24) is 0 Å². The van der Waals surface area contributed by atoms with Gasteiger partial charge in [0.2, 0.25) is 0 Å². The molecule has 0 unspecified atom stereocenters. The summed E-state index contributed by atoms with van der Waals surface area (Å²) in [7, 11) is 0. The summed E-state index contributed by atoms with van der Waals surface area (Å²) >= 11 is 9.62. The van der Waals surface area contributed by atoms with E-state index < -0.39 is 0 Å². The number of hydrogen-bond acceptors (Lipinski definition) is 2. The van der Waals surface area contributed by atoms with Crippen LogP contribution in [0.1, 0.15) is 56.2 Å². The molecule has 1 N–H and O–H groups in total. The van der Waals surface area contributed by atoms with Crippen LogP contribution in [0.25, 0.3) is 0 Å². The van der Waals surface area contributed by atoms with E-state index in [1.165, 1.54) is 0 Å². The molecule has 3 nitrogen and oxygen atoms in total. The van der Waals surface area contributed by atoms with Crippen molar-refractivity contribution in [2.75, 3.05) is 11.9 Å². The number of rotatable bonds is 6. The summed E-state index contributed by atoms with van der Waals surface area (Å²) in [5, 5.41) is 3.53. The van der Waals surface area contributed by atoms with Gasteiger partial charge in [-0.1, -0.05) is 73.4 Å². The van der Waals surface area contributed by atoms with Gasteiger partial charge >= 0.3 is 0 Å². The van der Waals surface area contributed by atoms with Crippen LogP contribution < -0.4 is 10.1 Å². The summed E-state index contributed by atoms with van der Waals surface area (Å²) in [4.78, 5) is 12.5. The lowest BCUT2D eigenvalue weighted by molar-refractivity contribution is -0.118. The van der Waals surface area contributed by atoms with Crippen LogP contribution in [-0.4, -0.2) is 12.5 Å². The van der Waals surface area contributed by atoms with Gasteiger partial charge in [-0.05, 0) is 47.6 Å². The third-order valence-electron chi connectivity index (χ3n) is 4.18. The smallest absolute Gasteiger partial charge is 0.262 e. The van der Waals surface area contributed by atoms with Crippen molar-refractivity contribution in [3.05, 3.63) is 56.5 Å². The van der Waals surface area contributed by atoms with Gasteiger partial charge in [-0.3, -0.25) is 4.79 Å². The number of carbonyl (C=O) groups excluding carboxylic acids is 1. The van der Waals surface area contributed by atoms with Crippen LogP contribution in [0.5, 0.6) is 5.75 Å². The van der Waals surface area contributed by atoms with Crippen molar-refractivity contribution in [2.24, 2.45) is 0 Å². The molecule has 0 aromatic heterocycles. The molecule has 2 aromatic carbocycles. The Hall–Kier alpha value is -1.52. The molecule has 0 aliphatic heterocycles. The van der Waals surface area contributed by atoms with Crippen LogP contribution in [0, 0.1) is 6.92 Å². The standard InChI is InChI=1S/C21H25BrClNO2/c1-12(2)16-7-6-8-17(13(3)4)20(16)24-19(25)11-26-21-14(5)9-15(22)10-18(21)23/h6-10,12-13H,11H2,1-5H3,(H,24,25). The molecule has 0 aliphatic rings. The first kappa shape index (κ1) is 20.8. The van der Waals surface area contributed by atoms with Gasteiger partial charge in [-0.2, -0.15) is 0 Å². The van der Waals surface area contributed by atoms with Crippen LogP contribution in [0.4, 0.5) is 5.69 Å². The van der Waals surface area contributed by atoms with Crippen molar-refractivity contribution in [2.45, 2.75) is 46.5 Å². The molecule has 2 rings (SSSR count). The Balaban J connectivity index is 2.18. The van der Waals surface area contributed by atoms with Gasteiger partial charge in [-0.25, -0.2) is 0 Å². The Morgan fingerprint density at radius 1 is 1.15 bits per heavy atom. The third-order valence-corrected chi connectivity index (χ3v) is 4.92. The van der Waals surface area contributed by atoms with Crippen LogP contribution in [-0.2, 0) is 4.79 Å². The average molecular weight is 439 g/mol. The number of halogens is 2. The lowest BCUT2D eigenvalue weighted by atomic mass is 9.92. The molecule has 0 saturated heterocycles. The van der Waals surface area contributed by atoms with Crippen LogP contribution >= 0.6 is 27.5 Å². The molecule has 0 bridgehead atoms. The van der Waals surface area contributed by atoms with E-state index in [4.69, 9.17) is 16.3 Å². The Morgan fingerprint density at radius 2 is 1.73 bits per heavy atom. The van der Waals surface area contributed by atoms with E-state index >= 15 is 0 Å². The van der Waals surface area contributed by atoms with Gasteiger partial charge in [0.25, 0.3) is 5.91 Å². The number of para-hydroxylation sites is 1. The Kier molecular flexibility index (Phi) is 7.13. The van der Waals surface area contributed by atoms with Crippen molar-refractivity contribution < 1.29 is 9.53 Å². The maximum absolute atomic E-state index is 12.5. The van der Waals surface area contributed by atoms with Crippen molar-refractivity contribution in [3.63, 3.8) is 0 Å². The zero-order valence-corrected chi connectivity index (χ0v) is 18.2. The summed E-state index contributed by atoms with van der Waals surface area (Å²) in [6.07, 6.45) is 0. The summed E-state index contributed by atoms with van der Waals surface area (Å²) in [6, 6.07) is 9.82. The van der Waals surface area contributed by atoms with Crippen LogP contribution in [0.2, 0.25) is 5.02 Å². The van der Waals surface area contributed by atoms with E-state index in [2.05, 4.69) is 61.1 Å². The fraction of sp³-hybridized carbons (Fsp3) is 0.381. The van der Waals surface area contributed by atoms with Crippen LogP contribution in [0.3, 0.4) is 0 Å². The summed E-state index contributed by atoms with van der Waals surface area (Å²) < 4.78 is 6.57. The normalized spacial score (nSPS) is 11.1. The number of carbonyl (C=O) groups is 1. The van der Waals surface area contributed by atoms with Gasteiger partial charge in [0, 0.05) is 10.2 Å². The van der Waals surface area contributed by atoms with Gasteiger partial charge in [0.15, 0.2) is 6.61 Å². The Morgan fingerprint density at radius 3 is 2.23 bits per heavy atom. The highest BCUT2D eigenvalue weighted by Gasteiger charge is 2.17. The zero-order valence-electron chi connectivity index (χ0n) is 15.8. The van der Waals surface area contributed by atoms with Crippen molar-refractivity contribution in [1.29, 1.82) is 0 Å². The molecular formula is C21H25BrClNO2. The molecular weight excluding hydrogens is 414 g/mol. The molecule has 0 fully saturated rings. The molecule has 0 saturated carbocycles. The number of hydrogen-bond donors (Lipinski definition) is 1. The minimum atomic E-state index is -0.196. The van der Waals surface area contributed by atoms with Crippen LogP contribution in [0.15, 0.2) is 34.8 Å². The van der Waals surface area contributed by atoms with Gasteiger partial charge in [0.1, 0.15) is 5.75 Å². The number of aryl methyl sites for hydroxylation is 1. The molecule has 26 heavy (non-hydrogen) atoms. The molecule has 0 atom stereocenters. The van der Waals surface area contributed by atoms with Crippen molar-refractivity contribution >= 4 is 39.1 Å². The number of nitrogens with one attached hydrogen (secondary N) is 1. The van der Waals surface area contributed by atoms with Gasteiger partial charge in [0.05, 0.1) is 5.02 Å². The quantitative estimate of drug-likeness (QED) is 0.546. The molecule has 0 radical (unpaired) electrons. The number of ether oxygens (including phenoxy) is 1.